The maximum Gasteiger partial charge on any atom is 0.191 e. The Bertz CT molecular complexity index is 561. The Morgan fingerprint density at radius 2 is 2.21 bits per heavy atom. The standard InChI is InChI=1S/C15H27N3O4S.HI/c1-13(7-11-23(3,19)20)18-15(16-2)17-8-5-9-21-12-14-6-4-10-22-14;/h4,6,10,13H,5,7-9,11-12H2,1-3H3,(H2,16,17,18);1H. The molecule has 24 heavy (non-hydrogen) atoms. The van der Waals surface area contributed by atoms with E-state index >= 15 is 0 Å². The lowest BCUT2D eigenvalue weighted by atomic mass is 10.3. The van der Waals surface area contributed by atoms with Crippen LogP contribution in [0.2, 0.25) is 0 Å². The van der Waals surface area contributed by atoms with Gasteiger partial charge in [0.05, 0.1) is 12.0 Å². The largest absolute Gasteiger partial charge is 0.467 e. The fraction of sp³-hybridized carbons (Fsp3) is 0.667. The van der Waals surface area contributed by atoms with Crippen LogP contribution in [0, 0.1) is 0 Å². The van der Waals surface area contributed by atoms with Gasteiger partial charge in [0, 0.05) is 32.5 Å². The van der Waals surface area contributed by atoms with Crippen molar-refractivity contribution in [2.45, 2.75) is 32.4 Å². The Balaban J connectivity index is 0.00000529. The molecule has 0 spiro atoms. The van der Waals surface area contributed by atoms with Crippen LogP contribution < -0.4 is 10.6 Å². The molecule has 0 saturated carbocycles. The molecule has 7 nitrogen and oxygen atoms in total. The van der Waals surface area contributed by atoms with E-state index in [2.05, 4.69) is 15.6 Å². The second-order valence-corrected chi connectivity index (χ2v) is 7.71. The molecule has 0 fully saturated rings. The van der Waals surface area contributed by atoms with E-state index in [-0.39, 0.29) is 35.8 Å². The summed E-state index contributed by atoms with van der Waals surface area (Å²) in [4.78, 5) is 4.12. The molecule has 2 N–H and O–H groups in total. The quantitative estimate of drug-likeness (QED) is 0.233. The number of rotatable bonds is 10. The number of hydrogen-bond donors (Lipinski definition) is 2. The van der Waals surface area contributed by atoms with E-state index in [1.807, 2.05) is 19.1 Å². The molecule has 1 aromatic rings. The first-order chi connectivity index (χ1) is 10.9. The zero-order chi connectivity index (χ0) is 17.1. The molecule has 0 aliphatic heterocycles. The van der Waals surface area contributed by atoms with Crippen LogP contribution >= 0.6 is 24.0 Å². The number of nitrogens with zero attached hydrogens (tertiary/aromatic N) is 1. The van der Waals surface area contributed by atoms with Crippen LogP contribution in [0.3, 0.4) is 0 Å². The molecule has 1 unspecified atom stereocenters. The second kappa shape index (κ2) is 12.5. The van der Waals surface area contributed by atoms with Gasteiger partial charge in [-0.2, -0.15) is 0 Å². The summed E-state index contributed by atoms with van der Waals surface area (Å²) in [6.45, 7) is 3.75. The summed E-state index contributed by atoms with van der Waals surface area (Å²) in [5.74, 6) is 1.64. The fourth-order valence-corrected chi connectivity index (χ4v) is 2.62. The highest BCUT2D eigenvalue weighted by atomic mass is 127. The van der Waals surface area contributed by atoms with E-state index < -0.39 is 9.84 Å². The van der Waals surface area contributed by atoms with Crippen LogP contribution in [-0.2, 0) is 21.2 Å². The molecule has 140 valence electrons. The minimum atomic E-state index is -2.93. The number of sulfone groups is 1. The Hall–Kier alpha value is -0.810. The SMILES string of the molecule is CN=C(NCCCOCc1ccco1)NC(C)CCS(C)(=O)=O.I. The summed E-state index contributed by atoms with van der Waals surface area (Å²) in [6.07, 6.45) is 4.25. The minimum Gasteiger partial charge on any atom is -0.467 e. The number of guanidine groups is 1. The molecule has 1 rings (SSSR count). The van der Waals surface area contributed by atoms with Gasteiger partial charge in [-0.15, -0.1) is 24.0 Å². The first-order valence-corrected chi connectivity index (χ1v) is 9.72. The lowest BCUT2D eigenvalue weighted by Gasteiger charge is -2.17. The molecule has 1 aromatic heterocycles. The van der Waals surface area contributed by atoms with Gasteiger partial charge in [0.15, 0.2) is 5.96 Å². The first-order valence-electron chi connectivity index (χ1n) is 7.65. The smallest absolute Gasteiger partial charge is 0.191 e. The summed E-state index contributed by atoms with van der Waals surface area (Å²) >= 11 is 0. The monoisotopic (exact) mass is 473 g/mol. The number of halogens is 1. The van der Waals surface area contributed by atoms with Gasteiger partial charge in [-0.05, 0) is 31.9 Å². The van der Waals surface area contributed by atoms with Crippen molar-refractivity contribution in [2.75, 3.05) is 32.2 Å². The summed E-state index contributed by atoms with van der Waals surface area (Å²) in [5.41, 5.74) is 0. The second-order valence-electron chi connectivity index (χ2n) is 5.45. The molecule has 0 bridgehead atoms. The molecule has 1 atom stereocenters. The highest BCUT2D eigenvalue weighted by molar-refractivity contribution is 14.0. The van der Waals surface area contributed by atoms with E-state index in [1.165, 1.54) is 6.26 Å². The Morgan fingerprint density at radius 3 is 2.79 bits per heavy atom. The van der Waals surface area contributed by atoms with Gasteiger partial charge >= 0.3 is 0 Å². The molecular weight excluding hydrogens is 445 g/mol. The Labute approximate surface area is 161 Å². The first kappa shape index (κ1) is 23.2. The van der Waals surface area contributed by atoms with Crippen molar-refractivity contribution in [2.24, 2.45) is 4.99 Å². The number of nitrogens with one attached hydrogen (secondary N) is 2. The summed E-state index contributed by atoms with van der Waals surface area (Å²) in [5, 5.41) is 6.35. The lowest BCUT2D eigenvalue weighted by molar-refractivity contribution is 0.105. The van der Waals surface area contributed by atoms with Gasteiger partial charge in [0.1, 0.15) is 22.2 Å². The summed E-state index contributed by atoms with van der Waals surface area (Å²) < 4.78 is 33.0. The van der Waals surface area contributed by atoms with Crippen LogP contribution in [0.4, 0.5) is 0 Å². The predicted octanol–water partition coefficient (Wildman–Crippen LogP) is 1.79. The highest BCUT2D eigenvalue weighted by Gasteiger charge is 2.09. The molecule has 0 aromatic carbocycles. The van der Waals surface area contributed by atoms with Gasteiger partial charge in [-0.3, -0.25) is 4.99 Å². The van der Waals surface area contributed by atoms with Crippen molar-refractivity contribution >= 4 is 39.8 Å². The number of ether oxygens (including phenoxy) is 1. The fourth-order valence-electron chi connectivity index (χ4n) is 1.84. The van der Waals surface area contributed by atoms with Crippen LogP contribution in [0.25, 0.3) is 0 Å². The van der Waals surface area contributed by atoms with E-state index in [9.17, 15) is 8.42 Å². The number of aliphatic imine (C=N–C) groups is 1. The van der Waals surface area contributed by atoms with Crippen molar-refractivity contribution in [1.29, 1.82) is 0 Å². The predicted molar refractivity (Wildman–Crippen MR) is 107 cm³/mol. The van der Waals surface area contributed by atoms with Gasteiger partial charge in [-0.25, -0.2) is 8.42 Å². The van der Waals surface area contributed by atoms with Gasteiger partial charge < -0.3 is 19.8 Å². The third kappa shape index (κ3) is 11.7. The molecule has 0 amide bonds. The van der Waals surface area contributed by atoms with Gasteiger partial charge in [-0.1, -0.05) is 0 Å². The van der Waals surface area contributed by atoms with Crippen molar-refractivity contribution < 1.29 is 17.6 Å². The third-order valence-corrected chi connectivity index (χ3v) is 4.09. The van der Waals surface area contributed by atoms with Crippen LogP contribution in [0.15, 0.2) is 27.8 Å². The van der Waals surface area contributed by atoms with E-state index in [0.717, 1.165) is 18.7 Å². The molecule has 0 aliphatic carbocycles. The van der Waals surface area contributed by atoms with Crippen molar-refractivity contribution in [1.82, 2.24) is 10.6 Å². The van der Waals surface area contributed by atoms with Crippen molar-refractivity contribution in [3.8, 4) is 0 Å². The number of furan rings is 1. The Morgan fingerprint density at radius 1 is 1.46 bits per heavy atom. The summed E-state index contributed by atoms with van der Waals surface area (Å²) in [7, 11) is -1.25. The zero-order valence-electron chi connectivity index (χ0n) is 14.4. The van der Waals surface area contributed by atoms with Gasteiger partial charge in [0.25, 0.3) is 0 Å². The maximum absolute atomic E-state index is 11.2. The highest BCUT2D eigenvalue weighted by Crippen LogP contribution is 2.01. The van der Waals surface area contributed by atoms with E-state index in [1.54, 1.807) is 13.3 Å². The van der Waals surface area contributed by atoms with Crippen molar-refractivity contribution in [3.05, 3.63) is 24.2 Å². The minimum absolute atomic E-state index is 0. The Kier molecular flexibility index (Phi) is 12.1. The van der Waals surface area contributed by atoms with Crippen molar-refractivity contribution in [3.63, 3.8) is 0 Å². The molecule has 0 aliphatic rings. The molecule has 0 radical (unpaired) electrons. The summed E-state index contributed by atoms with van der Waals surface area (Å²) in [6, 6.07) is 3.74. The zero-order valence-corrected chi connectivity index (χ0v) is 17.6. The third-order valence-electron chi connectivity index (χ3n) is 3.11. The topological polar surface area (TPSA) is 92.9 Å². The van der Waals surface area contributed by atoms with E-state index in [4.69, 9.17) is 9.15 Å². The lowest BCUT2D eigenvalue weighted by Crippen LogP contribution is -2.43. The normalized spacial score (nSPS) is 13.2. The van der Waals surface area contributed by atoms with Crippen LogP contribution in [0.1, 0.15) is 25.5 Å². The van der Waals surface area contributed by atoms with Crippen LogP contribution in [-0.4, -0.2) is 52.6 Å². The average molecular weight is 473 g/mol. The maximum atomic E-state index is 11.2. The molecule has 0 saturated heterocycles. The molecular formula is C15H28IN3O4S. The molecule has 9 heteroatoms. The average Bonchev–Trinajstić information content (AvgIpc) is 3.00. The van der Waals surface area contributed by atoms with Gasteiger partial charge in [0.2, 0.25) is 0 Å². The van der Waals surface area contributed by atoms with E-state index in [0.29, 0.717) is 25.6 Å². The van der Waals surface area contributed by atoms with Crippen LogP contribution in [0.5, 0.6) is 0 Å². The molecule has 1 heterocycles. The number of hydrogen-bond acceptors (Lipinski definition) is 5.